The van der Waals surface area contributed by atoms with E-state index in [2.05, 4.69) is 111 Å². The van der Waals surface area contributed by atoms with Crippen molar-refractivity contribution in [1.82, 2.24) is 0 Å². The van der Waals surface area contributed by atoms with Crippen LogP contribution in [0.15, 0.2) is 91.0 Å². The first kappa shape index (κ1) is 26.2. The third-order valence-electron chi connectivity index (χ3n) is 7.30. The smallest absolute Gasteiger partial charge is 1.00 e. The molecular formula is C32H28Cl2Zr. The molecule has 6 rings (SSSR count). The minimum atomic E-state index is -0.854. The van der Waals surface area contributed by atoms with Crippen molar-refractivity contribution in [3.8, 4) is 22.3 Å². The summed E-state index contributed by atoms with van der Waals surface area (Å²) in [4.78, 5) is 0. The van der Waals surface area contributed by atoms with Crippen molar-refractivity contribution >= 4 is 6.08 Å². The molecular weight excluding hydrogens is 546 g/mol. The number of halogens is 2. The summed E-state index contributed by atoms with van der Waals surface area (Å²) in [7, 11) is 0. The molecule has 0 spiro atoms. The van der Waals surface area contributed by atoms with Crippen molar-refractivity contribution in [2.75, 3.05) is 0 Å². The van der Waals surface area contributed by atoms with E-state index in [9.17, 15) is 0 Å². The third kappa shape index (κ3) is 4.76. The third-order valence-corrected chi connectivity index (χ3v) is 11.8. The first-order chi connectivity index (χ1) is 16.2. The molecule has 0 heterocycles. The zero-order valence-corrected chi connectivity index (χ0v) is 24.0. The zero-order valence-electron chi connectivity index (χ0n) is 20.1. The Balaban J connectivity index is 0.00000144. The molecule has 3 heteroatoms. The van der Waals surface area contributed by atoms with Gasteiger partial charge in [-0.25, -0.2) is 0 Å². The molecule has 0 saturated heterocycles. The summed E-state index contributed by atoms with van der Waals surface area (Å²) in [5.41, 5.74) is 14.7. The fourth-order valence-corrected chi connectivity index (χ4v) is 9.92. The Labute approximate surface area is 233 Å². The van der Waals surface area contributed by atoms with Gasteiger partial charge in [0.1, 0.15) is 0 Å². The quantitative estimate of drug-likeness (QED) is 0.344. The second-order valence-corrected chi connectivity index (χ2v) is 13.0. The zero-order chi connectivity index (χ0) is 22.4. The summed E-state index contributed by atoms with van der Waals surface area (Å²) >= 11 is -0.854. The van der Waals surface area contributed by atoms with Gasteiger partial charge in [0.25, 0.3) is 0 Å². The molecule has 2 aliphatic rings. The Kier molecular flexibility index (Phi) is 8.22. The minimum Gasteiger partial charge on any atom is -1.00 e. The Hall–Kier alpha value is -1.92. The summed E-state index contributed by atoms with van der Waals surface area (Å²) in [6.45, 7) is 4.55. The number of allylic oxidation sites excluding steroid dienone is 1. The van der Waals surface area contributed by atoms with E-state index in [0.717, 1.165) is 12.8 Å². The summed E-state index contributed by atoms with van der Waals surface area (Å²) in [5.74, 6) is 0. The second-order valence-electron chi connectivity index (χ2n) is 9.20. The van der Waals surface area contributed by atoms with E-state index in [0.29, 0.717) is 7.25 Å². The number of fused-ring (bicyclic) bond motifs is 4. The van der Waals surface area contributed by atoms with Crippen LogP contribution in [0.4, 0.5) is 0 Å². The van der Waals surface area contributed by atoms with Gasteiger partial charge in [0.15, 0.2) is 0 Å². The average molecular weight is 575 g/mol. The van der Waals surface area contributed by atoms with Gasteiger partial charge in [-0.1, -0.05) is 0 Å². The molecule has 0 bridgehead atoms. The van der Waals surface area contributed by atoms with Gasteiger partial charge in [-0.3, -0.25) is 0 Å². The Morgan fingerprint density at radius 2 is 1.26 bits per heavy atom. The molecule has 1 atom stereocenters. The molecule has 0 radical (unpaired) electrons. The predicted molar refractivity (Wildman–Crippen MR) is 136 cm³/mol. The Bertz CT molecular complexity index is 1320. The summed E-state index contributed by atoms with van der Waals surface area (Å²) in [6, 6.07) is 32.4. The standard InChI is InChI=1S/C17H17.C15H11.2ClH.Zr/c1-3-12-5-7-16-14(9-12)11-15-10-13(4-2)6-8-17(15)16;1-2-5-12(6-3-1)15-10-9-13-7-4-8-14(13)11-15;;;/h5-11H,3-4H2,1-2H3;1-11H;2*1H;/q;;;;+2/p-2. The van der Waals surface area contributed by atoms with Crippen molar-refractivity contribution in [2.45, 2.75) is 33.9 Å². The summed E-state index contributed by atoms with van der Waals surface area (Å²) in [5, 5.41) is 0. The largest absolute Gasteiger partial charge is 1.00 e. The van der Waals surface area contributed by atoms with Crippen molar-refractivity contribution in [1.29, 1.82) is 0 Å². The topological polar surface area (TPSA) is 0 Å². The van der Waals surface area contributed by atoms with E-state index < -0.39 is 23.2 Å². The first-order valence-corrected chi connectivity index (χ1v) is 15.0. The van der Waals surface area contributed by atoms with E-state index in [1.807, 2.05) is 0 Å². The van der Waals surface area contributed by atoms with Gasteiger partial charge < -0.3 is 24.8 Å². The molecule has 0 aromatic heterocycles. The van der Waals surface area contributed by atoms with Crippen LogP contribution in [0.25, 0.3) is 28.3 Å². The molecule has 0 amide bonds. The van der Waals surface area contributed by atoms with Crippen LogP contribution < -0.4 is 24.8 Å². The van der Waals surface area contributed by atoms with E-state index in [1.54, 1.807) is 16.7 Å². The number of benzene rings is 4. The van der Waals surface area contributed by atoms with E-state index >= 15 is 0 Å². The number of hydrogen-bond donors (Lipinski definition) is 0. The minimum absolute atomic E-state index is 0. The summed E-state index contributed by atoms with van der Waals surface area (Å²) in [6.07, 6.45) is 7.09. The van der Waals surface area contributed by atoms with Crippen LogP contribution in [0.5, 0.6) is 0 Å². The second kappa shape index (κ2) is 11.0. The summed E-state index contributed by atoms with van der Waals surface area (Å²) < 4.78 is 1.24. The van der Waals surface area contributed by atoms with Crippen molar-refractivity contribution < 1.29 is 48.0 Å². The van der Waals surface area contributed by atoms with E-state index in [4.69, 9.17) is 0 Å². The average Bonchev–Trinajstić information content (AvgIpc) is 3.42. The normalized spacial score (nSPS) is 14.9. The molecule has 0 aliphatic heterocycles. The number of aryl methyl sites for hydroxylation is 2. The van der Waals surface area contributed by atoms with Crippen molar-refractivity contribution in [3.05, 3.63) is 124 Å². The van der Waals surface area contributed by atoms with E-state index in [1.165, 1.54) is 38.9 Å². The molecule has 0 nitrogen and oxygen atoms in total. The van der Waals surface area contributed by atoms with Crippen LogP contribution in [0.2, 0.25) is 0 Å². The van der Waals surface area contributed by atoms with E-state index in [-0.39, 0.29) is 24.8 Å². The fraction of sp³-hybridized carbons (Fsp3) is 0.188. The van der Waals surface area contributed by atoms with Crippen LogP contribution >= 0.6 is 0 Å². The van der Waals surface area contributed by atoms with Gasteiger partial charge in [-0.15, -0.1) is 0 Å². The monoisotopic (exact) mass is 572 g/mol. The Morgan fingerprint density at radius 3 is 1.86 bits per heavy atom. The fourth-order valence-electron chi connectivity index (χ4n) is 5.41. The molecule has 0 saturated carbocycles. The maximum absolute atomic E-state index is 2.52. The van der Waals surface area contributed by atoms with Crippen molar-refractivity contribution in [2.24, 2.45) is 0 Å². The molecule has 4 aromatic rings. The van der Waals surface area contributed by atoms with Gasteiger partial charge in [0, 0.05) is 0 Å². The van der Waals surface area contributed by atoms with Crippen LogP contribution in [0.3, 0.4) is 0 Å². The van der Waals surface area contributed by atoms with Gasteiger partial charge in [-0.2, -0.15) is 0 Å². The number of hydrogen-bond acceptors (Lipinski definition) is 0. The van der Waals surface area contributed by atoms with Crippen molar-refractivity contribution in [3.63, 3.8) is 0 Å². The maximum Gasteiger partial charge on any atom is -1.00 e. The first-order valence-electron chi connectivity index (χ1n) is 12.1. The number of rotatable bonds is 5. The van der Waals surface area contributed by atoms with Crippen LogP contribution in [-0.4, -0.2) is 0 Å². The predicted octanol–water partition coefficient (Wildman–Crippen LogP) is 2.41. The molecule has 0 N–H and O–H groups in total. The molecule has 1 unspecified atom stereocenters. The van der Waals surface area contributed by atoms with Crippen LogP contribution in [0.1, 0.15) is 54.5 Å². The Morgan fingerprint density at radius 1 is 0.629 bits per heavy atom. The molecule has 2 aliphatic carbocycles. The molecule has 0 fully saturated rings. The SMILES string of the molecule is CCc1ccc2c(c1)[CH]([Zr+2][CH]1C=Cc3ccc(-c4ccccc4)cc31)c1cc(CC)ccc1-2.[Cl-].[Cl-]. The molecule has 35 heavy (non-hydrogen) atoms. The van der Waals surface area contributed by atoms with Gasteiger partial charge in [-0.05, 0) is 0 Å². The van der Waals surface area contributed by atoms with Gasteiger partial charge >= 0.3 is 210 Å². The van der Waals surface area contributed by atoms with Crippen LogP contribution in [0, 0.1) is 0 Å². The van der Waals surface area contributed by atoms with Gasteiger partial charge in [0.2, 0.25) is 0 Å². The molecule has 174 valence electrons. The van der Waals surface area contributed by atoms with Gasteiger partial charge in [0.05, 0.1) is 0 Å². The molecule has 4 aromatic carbocycles. The van der Waals surface area contributed by atoms with Crippen LogP contribution in [-0.2, 0) is 36.1 Å². The maximum atomic E-state index is 2.52.